The van der Waals surface area contributed by atoms with Crippen LogP contribution in [0.25, 0.3) is 0 Å². The summed E-state index contributed by atoms with van der Waals surface area (Å²) in [5.74, 6) is -0.940. The molecule has 2 N–H and O–H groups in total. The molecule has 1 unspecified atom stereocenters. The lowest BCUT2D eigenvalue weighted by Gasteiger charge is -2.20. The summed E-state index contributed by atoms with van der Waals surface area (Å²) < 4.78 is 28.3. The SMILES string of the molecule is CC(C)NCc1cc(F)c(N2CCC(CO)C2)c(F)c1. The third-order valence-corrected chi connectivity index (χ3v) is 3.65. The van der Waals surface area contributed by atoms with E-state index in [-0.39, 0.29) is 24.3 Å². The van der Waals surface area contributed by atoms with Crippen LogP contribution in [0.3, 0.4) is 0 Å². The molecule has 1 fully saturated rings. The second-order valence-electron chi connectivity index (χ2n) is 5.73. The zero-order chi connectivity index (χ0) is 14.7. The van der Waals surface area contributed by atoms with E-state index in [1.165, 1.54) is 12.1 Å². The van der Waals surface area contributed by atoms with Crippen molar-refractivity contribution in [2.24, 2.45) is 5.92 Å². The van der Waals surface area contributed by atoms with E-state index in [0.29, 0.717) is 25.2 Å². The van der Waals surface area contributed by atoms with Gasteiger partial charge in [0.05, 0.1) is 0 Å². The Bertz CT molecular complexity index is 442. The maximum absolute atomic E-state index is 14.1. The highest BCUT2D eigenvalue weighted by molar-refractivity contribution is 5.51. The largest absolute Gasteiger partial charge is 0.396 e. The van der Waals surface area contributed by atoms with Gasteiger partial charge in [-0.25, -0.2) is 8.78 Å². The zero-order valence-electron chi connectivity index (χ0n) is 12.0. The van der Waals surface area contributed by atoms with E-state index in [9.17, 15) is 8.78 Å². The predicted molar refractivity (Wildman–Crippen MR) is 75.7 cm³/mol. The van der Waals surface area contributed by atoms with Crippen molar-refractivity contribution in [1.29, 1.82) is 0 Å². The van der Waals surface area contributed by atoms with Crippen molar-refractivity contribution in [3.8, 4) is 0 Å². The number of nitrogens with zero attached hydrogens (tertiary/aromatic N) is 1. The lowest BCUT2D eigenvalue weighted by Crippen LogP contribution is -2.24. The summed E-state index contributed by atoms with van der Waals surface area (Å²) in [7, 11) is 0. The predicted octanol–water partition coefficient (Wildman–Crippen LogP) is 2.28. The Balaban J connectivity index is 2.15. The van der Waals surface area contributed by atoms with Crippen LogP contribution in [-0.2, 0) is 6.54 Å². The Morgan fingerprint density at radius 2 is 2.00 bits per heavy atom. The first-order valence-electron chi connectivity index (χ1n) is 7.08. The average molecular weight is 284 g/mol. The van der Waals surface area contributed by atoms with Gasteiger partial charge in [0.2, 0.25) is 0 Å². The highest BCUT2D eigenvalue weighted by Crippen LogP contribution is 2.29. The quantitative estimate of drug-likeness (QED) is 0.871. The maximum Gasteiger partial charge on any atom is 0.149 e. The lowest BCUT2D eigenvalue weighted by molar-refractivity contribution is 0.238. The van der Waals surface area contributed by atoms with E-state index in [1.54, 1.807) is 4.90 Å². The minimum Gasteiger partial charge on any atom is -0.396 e. The molecule has 1 atom stereocenters. The van der Waals surface area contributed by atoms with E-state index in [2.05, 4.69) is 5.32 Å². The van der Waals surface area contributed by atoms with Gasteiger partial charge in [-0.1, -0.05) is 13.8 Å². The van der Waals surface area contributed by atoms with Gasteiger partial charge in [0.1, 0.15) is 17.3 Å². The highest BCUT2D eigenvalue weighted by Gasteiger charge is 2.26. The Hall–Kier alpha value is -1.20. The Kier molecular flexibility index (Phi) is 4.94. The first-order valence-corrected chi connectivity index (χ1v) is 7.08. The van der Waals surface area contributed by atoms with Crippen molar-refractivity contribution < 1.29 is 13.9 Å². The number of anilines is 1. The molecule has 0 radical (unpaired) electrons. The number of aliphatic hydroxyl groups excluding tert-OH is 1. The monoisotopic (exact) mass is 284 g/mol. The molecule has 20 heavy (non-hydrogen) atoms. The fourth-order valence-corrected chi connectivity index (χ4v) is 2.53. The van der Waals surface area contributed by atoms with Gasteiger partial charge in [0, 0.05) is 38.2 Å². The van der Waals surface area contributed by atoms with E-state index < -0.39 is 11.6 Å². The van der Waals surface area contributed by atoms with Crippen LogP contribution in [0.2, 0.25) is 0 Å². The normalized spacial score (nSPS) is 19.1. The Morgan fingerprint density at radius 1 is 1.35 bits per heavy atom. The van der Waals surface area contributed by atoms with Gasteiger partial charge in [-0.2, -0.15) is 0 Å². The number of rotatable bonds is 5. The summed E-state index contributed by atoms with van der Waals surface area (Å²) in [5.41, 5.74) is 0.643. The Labute approximate surface area is 118 Å². The van der Waals surface area contributed by atoms with Crippen molar-refractivity contribution in [2.75, 3.05) is 24.6 Å². The molecule has 0 spiro atoms. The number of benzene rings is 1. The van der Waals surface area contributed by atoms with E-state index in [1.807, 2.05) is 13.8 Å². The van der Waals surface area contributed by atoms with E-state index in [0.717, 1.165) is 6.42 Å². The van der Waals surface area contributed by atoms with Crippen LogP contribution in [0.1, 0.15) is 25.8 Å². The van der Waals surface area contributed by atoms with Crippen molar-refractivity contribution in [2.45, 2.75) is 32.9 Å². The van der Waals surface area contributed by atoms with Crippen LogP contribution >= 0.6 is 0 Å². The van der Waals surface area contributed by atoms with Gasteiger partial charge in [-0.15, -0.1) is 0 Å². The van der Waals surface area contributed by atoms with Gasteiger partial charge in [0.15, 0.2) is 0 Å². The molecule has 2 rings (SSSR count). The third-order valence-electron chi connectivity index (χ3n) is 3.65. The van der Waals surface area contributed by atoms with Crippen LogP contribution in [-0.4, -0.2) is 30.8 Å². The molecule has 1 heterocycles. The molecular formula is C15H22F2N2O. The van der Waals surface area contributed by atoms with Gasteiger partial charge >= 0.3 is 0 Å². The van der Waals surface area contributed by atoms with Crippen molar-refractivity contribution in [1.82, 2.24) is 5.32 Å². The van der Waals surface area contributed by atoms with Crippen LogP contribution in [0.5, 0.6) is 0 Å². The molecule has 3 nitrogen and oxygen atoms in total. The summed E-state index contributed by atoms with van der Waals surface area (Å²) in [5, 5.41) is 12.3. The second-order valence-corrected chi connectivity index (χ2v) is 5.73. The summed E-state index contributed by atoms with van der Waals surface area (Å²) >= 11 is 0. The molecular weight excluding hydrogens is 262 g/mol. The molecule has 0 aliphatic carbocycles. The summed E-state index contributed by atoms with van der Waals surface area (Å²) in [6.45, 7) is 5.58. The van der Waals surface area contributed by atoms with Gasteiger partial charge in [-0.05, 0) is 24.1 Å². The molecule has 0 aromatic heterocycles. The number of nitrogens with one attached hydrogen (secondary N) is 1. The first kappa shape index (κ1) is 15.2. The third kappa shape index (κ3) is 3.46. The average Bonchev–Trinajstić information content (AvgIpc) is 2.84. The summed E-state index contributed by atoms with van der Waals surface area (Å²) in [4.78, 5) is 1.69. The fraction of sp³-hybridized carbons (Fsp3) is 0.600. The molecule has 1 aromatic rings. The molecule has 0 bridgehead atoms. The standard InChI is InChI=1S/C15H22F2N2O/c1-10(2)18-7-12-5-13(16)15(14(17)6-12)19-4-3-11(8-19)9-20/h5-6,10-11,18,20H,3-4,7-9H2,1-2H3. The molecule has 0 amide bonds. The molecule has 5 heteroatoms. The summed E-state index contributed by atoms with van der Waals surface area (Å²) in [6.07, 6.45) is 0.770. The number of aliphatic hydroxyl groups is 1. The second kappa shape index (κ2) is 6.50. The molecule has 1 aromatic carbocycles. The van der Waals surface area contributed by atoms with Crippen molar-refractivity contribution in [3.05, 3.63) is 29.3 Å². The minimum absolute atomic E-state index is 0.0363. The van der Waals surface area contributed by atoms with Gasteiger partial charge in [0.25, 0.3) is 0 Å². The Morgan fingerprint density at radius 3 is 2.50 bits per heavy atom. The first-order chi connectivity index (χ1) is 9.51. The highest BCUT2D eigenvalue weighted by atomic mass is 19.1. The van der Waals surface area contributed by atoms with E-state index >= 15 is 0 Å². The van der Waals surface area contributed by atoms with Crippen molar-refractivity contribution >= 4 is 5.69 Å². The fourth-order valence-electron chi connectivity index (χ4n) is 2.53. The molecule has 1 aliphatic rings. The van der Waals surface area contributed by atoms with Crippen LogP contribution in [0.15, 0.2) is 12.1 Å². The maximum atomic E-state index is 14.1. The molecule has 1 aliphatic heterocycles. The molecule has 1 saturated heterocycles. The zero-order valence-corrected chi connectivity index (χ0v) is 12.0. The molecule has 0 saturated carbocycles. The number of hydrogen-bond acceptors (Lipinski definition) is 3. The summed E-state index contributed by atoms with van der Waals surface area (Å²) in [6, 6.07) is 3.05. The topological polar surface area (TPSA) is 35.5 Å². The lowest BCUT2D eigenvalue weighted by atomic mass is 10.1. The van der Waals surface area contributed by atoms with Crippen LogP contribution in [0.4, 0.5) is 14.5 Å². The number of halogens is 2. The van der Waals surface area contributed by atoms with Gasteiger partial charge < -0.3 is 15.3 Å². The van der Waals surface area contributed by atoms with Crippen LogP contribution < -0.4 is 10.2 Å². The minimum atomic E-state index is -0.524. The van der Waals surface area contributed by atoms with Crippen molar-refractivity contribution in [3.63, 3.8) is 0 Å². The van der Waals surface area contributed by atoms with E-state index in [4.69, 9.17) is 5.11 Å². The van der Waals surface area contributed by atoms with Crippen LogP contribution in [0, 0.1) is 17.6 Å². The van der Waals surface area contributed by atoms with Gasteiger partial charge in [-0.3, -0.25) is 0 Å². The smallest absolute Gasteiger partial charge is 0.149 e. The molecule has 112 valence electrons. The number of hydrogen-bond donors (Lipinski definition) is 2.